The van der Waals surface area contributed by atoms with Crippen LogP contribution in [0.2, 0.25) is 0 Å². The number of rotatable bonds is 5. The molecule has 5 heteroatoms. The molecule has 0 atom stereocenters. The molecular formula is C20H20N2O2S. The first-order chi connectivity index (χ1) is 12.2. The van der Waals surface area contributed by atoms with Crippen LogP contribution in [0.4, 0.5) is 11.4 Å². The van der Waals surface area contributed by atoms with Crippen LogP contribution >= 0.6 is 11.8 Å². The van der Waals surface area contributed by atoms with E-state index >= 15 is 0 Å². The molecule has 0 saturated carbocycles. The molecule has 128 valence electrons. The summed E-state index contributed by atoms with van der Waals surface area (Å²) in [6.45, 7) is 0.783. The van der Waals surface area contributed by atoms with E-state index < -0.39 is 0 Å². The van der Waals surface area contributed by atoms with Gasteiger partial charge in [-0.15, -0.1) is 11.8 Å². The first-order valence-corrected chi connectivity index (χ1v) is 9.42. The highest BCUT2D eigenvalue weighted by atomic mass is 32.2. The van der Waals surface area contributed by atoms with Gasteiger partial charge in [0.2, 0.25) is 11.8 Å². The molecule has 0 aliphatic carbocycles. The number of nitrogens with one attached hydrogen (secondary N) is 1. The van der Waals surface area contributed by atoms with E-state index in [4.69, 9.17) is 0 Å². The Labute approximate surface area is 151 Å². The fraction of sp³-hybridized carbons (Fsp3) is 0.200. The van der Waals surface area contributed by atoms with Gasteiger partial charge in [-0.25, -0.2) is 0 Å². The van der Waals surface area contributed by atoms with Crippen molar-refractivity contribution >= 4 is 41.0 Å². The Bertz CT molecular complexity index is 800. The maximum absolute atomic E-state index is 12.0. The van der Waals surface area contributed by atoms with Crippen LogP contribution in [0.1, 0.15) is 18.4 Å². The molecule has 0 bridgehead atoms. The van der Waals surface area contributed by atoms with Gasteiger partial charge in [-0.1, -0.05) is 18.2 Å². The summed E-state index contributed by atoms with van der Waals surface area (Å²) in [4.78, 5) is 26.7. The summed E-state index contributed by atoms with van der Waals surface area (Å²) in [6.07, 6.45) is 6.82. The minimum Gasteiger partial charge on any atom is -0.322 e. The number of nitrogens with zero attached hydrogens (tertiary/aromatic N) is 1. The first-order valence-electron chi connectivity index (χ1n) is 8.19. The lowest BCUT2D eigenvalue weighted by molar-refractivity contribution is -0.117. The Hall–Kier alpha value is -2.53. The SMILES string of the molecule is CSc1cccc(NC(=O)/C=C/c2ccc(N3CCCC3=O)cc2)c1. The van der Waals surface area contributed by atoms with Crippen LogP contribution < -0.4 is 10.2 Å². The number of amides is 2. The zero-order chi connectivity index (χ0) is 17.6. The maximum atomic E-state index is 12.0. The van der Waals surface area contributed by atoms with E-state index in [0.717, 1.165) is 34.8 Å². The van der Waals surface area contributed by atoms with Crippen LogP contribution in [0.5, 0.6) is 0 Å². The van der Waals surface area contributed by atoms with E-state index in [1.807, 2.05) is 54.8 Å². The molecule has 1 saturated heterocycles. The zero-order valence-corrected chi connectivity index (χ0v) is 14.9. The normalized spacial score (nSPS) is 14.3. The van der Waals surface area contributed by atoms with Gasteiger partial charge in [0.15, 0.2) is 0 Å². The largest absolute Gasteiger partial charge is 0.322 e. The van der Waals surface area contributed by atoms with Gasteiger partial charge in [-0.05, 0) is 54.6 Å². The summed E-state index contributed by atoms with van der Waals surface area (Å²) in [5.41, 5.74) is 2.62. The number of benzene rings is 2. The fourth-order valence-electron chi connectivity index (χ4n) is 2.74. The average molecular weight is 352 g/mol. The van der Waals surface area contributed by atoms with E-state index in [1.165, 1.54) is 6.08 Å². The summed E-state index contributed by atoms with van der Waals surface area (Å²) in [5, 5.41) is 2.86. The average Bonchev–Trinajstić information content (AvgIpc) is 3.06. The molecule has 4 nitrogen and oxygen atoms in total. The molecule has 2 amide bonds. The van der Waals surface area contributed by atoms with Crippen LogP contribution in [0, 0.1) is 0 Å². The molecule has 1 aliphatic heterocycles. The van der Waals surface area contributed by atoms with Gasteiger partial charge in [0.25, 0.3) is 0 Å². The molecule has 1 heterocycles. The molecule has 1 N–H and O–H groups in total. The number of anilines is 2. The first kappa shape index (κ1) is 17.3. The molecule has 0 radical (unpaired) electrons. The molecule has 3 rings (SSSR count). The lowest BCUT2D eigenvalue weighted by Crippen LogP contribution is -2.23. The van der Waals surface area contributed by atoms with Gasteiger partial charge in [-0.3, -0.25) is 9.59 Å². The second-order valence-electron chi connectivity index (χ2n) is 5.80. The van der Waals surface area contributed by atoms with Crippen LogP contribution in [0.15, 0.2) is 59.5 Å². The Morgan fingerprint density at radius 3 is 2.68 bits per heavy atom. The highest BCUT2D eigenvalue weighted by Crippen LogP contribution is 2.22. The molecule has 0 unspecified atom stereocenters. The topological polar surface area (TPSA) is 49.4 Å². The lowest BCUT2D eigenvalue weighted by Gasteiger charge is -2.15. The van der Waals surface area contributed by atoms with Crippen molar-refractivity contribution in [2.75, 3.05) is 23.0 Å². The number of carbonyl (C=O) groups is 2. The van der Waals surface area contributed by atoms with Crippen LogP contribution in [-0.2, 0) is 9.59 Å². The van der Waals surface area contributed by atoms with Crippen molar-refractivity contribution in [2.24, 2.45) is 0 Å². The van der Waals surface area contributed by atoms with Crippen molar-refractivity contribution in [3.8, 4) is 0 Å². The Kier molecular flexibility index (Phi) is 5.56. The van der Waals surface area contributed by atoms with Gasteiger partial charge in [0.1, 0.15) is 0 Å². The molecule has 1 aliphatic rings. The summed E-state index contributed by atoms with van der Waals surface area (Å²) >= 11 is 1.63. The Morgan fingerprint density at radius 2 is 2.00 bits per heavy atom. The summed E-state index contributed by atoms with van der Waals surface area (Å²) in [5.74, 6) is 0.00666. The quantitative estimate of drug-likeness (QED) is 0.648. The van der Waals surface area contributed by atoms with Gasteiger partial charge >= 0.3 is 0 Å². The number of carbonyl (C=O) groups excluding carboxylic acids is 2. The maximum Gasteiger partial charge on any atom is 0.248 e. The second-order valence-corrected chi connectivity index (χ2v) is 6.67. The zero-order valence-electron chi connectivity index (χ0n) is 14.1. The van der Waals surface area contributed by atoms with Crippen molar-refractivity contribution < 1.29 is 9.59 Å². The third-order valence-electron chi connectivity index (χ3n) is 4.04. The van der Waals surface area contributed by atoms with Crippen molar-refractivity contribution in [1.29, 1.82) is 0 Å². The number of hydrogen-bond acceptors (Lipinski definition) is 3. The van der Waals surface area contributed by atoms with Gasteiger partial charge in [-0.2, -0.15) is 0 Å². The highest BCUT2D eigenvalue weighted by Gasteiger charge is 2.21. The van der Waals surface area contributed by atoms with Crippen molar-refractivity contribution in [1.82, 2.24) is 0 Å². The second kappa shape index (κ2) is 8.03. The third kappa shape index (κ3) is 4.51. The number of hydrogen-bond donors (Lipinski definition) is 1. The van der Waals surface area contributed by atoms with E-state index in [0.29, 0.717) is 6.42 Å². The van der Waals surface area contributed by atoms with E-state index in [-0.39, 0.29) is 11.8 Å². The van der Waals surface area contributed by atoms with Crippen molar-refractivity contribution in [3.63, 3.8) is 0 Å². The number of thioether (sulfide) groups is 1. The third-order valence-corrected chi connectivity index (χ3v) is 4.77. The molecule has 1 fully saturated rings. The van der Waals surface area contributed by atoms with Crippen molar-refractivity contribution in [2.45, 2.75) is 17.7 Å². The van der Waals surface area contributed by atoms with Gasteiger partial charge in [0, 0.05) is 35.3 Å². The molecule has 0 spiro atoms. The summed E-state index contributed by atoms with van der Waals surface area (Å²) in [7, 11) is 0. The van der Waals surface area contributed by atoms with E-state index in [2.05, 4.69) is 5.32 Å². The Balaban J connectivity index is 1.61. The van der Waals surface area contributed by atoms with Crippen molar-refractivity contribution in [3.05, 3.63) is 60.2 Å². The monoisotopic (exact) mass is 352 g/mol. The van der Waals surface area contributed by atoms with Gasteiger partial charge in [0.05, 0.1) is 0 Å². The minimum atomic E-state index is -0.169. The highest BCUT2D eigenvalue weighted by molar-refractivity contribution is 7.98. The molecule has 2 aromatic carbocycles. The Morgan fingerprint density at radius 1 is 1.20 bits per heavy atom. The lowest BCUT2D eigenvalue weighted by atomic mass is 10.2. The predicted molar refractivity (Wildman–Crippen MR) is 104 cm³/mol. The van der Waals surface area contributed by atoms with Gasteiger partial charge < -0.3 is 10.2 Å². The minimum absolute atomic E-state index is 0.169. The molecule has 25 heavy (non-hydrogen) atoms. The summed E-state index contributed by atoms with van der Waals surface area (Å²) < 4.78 is 0. The smallest absolute Gasteiger partial charge is 0.248 e. The predicted octanol–water partition coefficient (Wildman–Crippen LogP) is 4.19. The van der Waals surface area contributed by atoms with Crippen LogP contribution in [0.3, 0.4) is 0 Å². The van der Waals surface area contributed by atoms with E-state index in [9.17, 15) is 9.59 Å². The van der Waals surface area contributed by atoms with Crippen LogP contribution in [-0.4, -0.2) is 24.6 Å². The standard InChI is InChI=1S/C20H20N2O2S/c1-25-18-5-2-4-16(14-18)21-19(23)12-9-15-7-10-17(11-8-15)22-13-3-6-20(22)24/h2,4-5,7-12,14H,3,6,13H2,1H3,(H,21,23)/b12-9+. The summed E-state index contributed by atoms with van der Waals surface area (Å²) in [6, 6.07) is 15.4. The van der Waals surface area contributed by atoms with E-state index in [1.54, 1.807) is 22.7 Å². The molecule has 2 aromatic rings. The fourth-order valence-corrected chi connectivity index (χ4v) is 3.20. The molecular weight excluding hydrogens is 332 g/mol. The van der Waals surface area contributed by atoms with Crippen LogP contribution in [0.25, 0.3) is 6.08 Å². The molecule has 0 aromatic heterocycles.